The number of hydrogen-bond acceptors (Lipinski definition) is 5. The number of carbonyl (C=O) groups is 3. The third-order valence-electron chi connectivity index (χ3n) is 2.49. The van der Waals surface area contributed by atoms with E-state index in [2.05, 4.69) is 5.32 Å². The molecule has 0 aromatic rings. The zero-order valence-corrected chi connectivity index (χ0v) is 11.6. The molecule has 0 bridgehead atoms. The quantitative estimate of drug-likeness (QED) is 0.430. The molecule has 0 fully saturated rings. The van der Waals surface area contributed by atoms with Gasteiger partial charge in [0.25, 0.3) is 11.8 Å². The molecule has 1 aliphatic rings. The van der Waals surface area contributed by atoms with Gasteiger partial charge in [-0.2, -0.15) is 0 Å². The van der Waals surface area contributed by atoms with E-state index < -0.39 is 11.8 Å². The molecule has 112 valence electrons. The van der Waals surface area contributed by atoms with E-state index in [0.717, 1.165) is 23.5 Å². The summed E-state index contributed by atoms with van der Waals surface area (Å²) in [5, 5.41) is 2.57. The normalized spacial score (nSPS) is 14.2. The Balaban J connectivity index is 2.01. The van der Waals surface area contributed by atoms with Crippen molar-refractivity contribution < 1.29 is 23.9 Å². The van der Waals surface area contributed by atoms with Crippen LogP contribution in [-0.2, 0) is 23.9 Å². The fourth-order valence-corrected chi connectivity index (χ4v) is 1.52. The van der Waals surface area contributed by atoms with Crippen molar-refractivity contribution in [2.45, 2.75) is 13.3 Å². The lowest BCUT2D eigenvalue weighted by Gasteiger charge is -2.13. The molecule has 0 atom stereocenters. The van der Waals surface area contributed by atoms with Crippen molar-refractivity contribution in [3.63, 3.8) is 0 Å². The van der Waals surface area contributed by atoms with Gasteiger partial charge in [0, 0.05) is 25.3 Å². The first-order valence-corrected chi connectivity index (χ1v) is 6.61. The van der Waals surface area contributed by atoms with E-state index in [-0.39, 0.29) is 12.5 Å². The standard InChI is InChI=1S/C13H20N2O5/c1-2-6-19-8-9-20-7-5-14-11(16)10-15-12(17)3-4-13(15)18/h3-4H,2,5-10H2,1H3,(H,14,16). The number of hydrogen-bond donors (Lipinski definition) is 1. The molecule has 3 amide bonds. The number of nitrogens with zero attached hydrogens (tertiary/aromatic N) is 1. The van der Waals surface area contributed by atoms with Crippen molar-refractivity contribution in [1.82, 2.24) is 10.2 Å². The Labute approximate surface area is 117 Å². The van der Waals surface area contributed by atoms with Crippen molar-refractivity contribution in [3.8, 4) is 0 Å². The van der Waals surface area contributed by atoms with Gasteiger partial charge >= 0.3 is 0 Å². The molecule has 0 aromatic carbocycles. The minimum atomic E-state index is -0.463. The zero-order valence-electron chi connectivity index (χ0n) is 11.6. The Morgan fingerprint density at radius 1 is 1.10 bits per heavy atom. The smallest absolute Gasteiger partial charge is 0.254 e. The number of rotatable bonds is 10. The lowest BCUT2D eigenvalue weighted by Crippen LogP contribution is -2.41. The molecule has 20 heavy (non-hydrogen) atoms. The molecule has 0 saturated carbocycles. The van der Waals surface area contributed by atoms with E-state index in [1.54, 1.807) is 0 Å². The number of ether oxygens (including phenoxy) is 2. The van der Waals surface area contributed by atoms with Crippen LogP contribution in [0.25, 0.3) is 0 Å². The molecule has 0 unspecified atom stereocenters. The first-order valence-electron chi connectivity index (χ1n) is 6.61. The van der Waals surface area contributed by atoms with Gasteiger partial charge in [-0.3, -0.25) is 19.3 Å². The molecule has 1 aliphatic heterocycles. The van der Waals surface area contributed by atoms with Crippen LogP contribution in [0.15, 0.2) is 12.2 Å². The molecule has 1 heterocycles. The van der Waals surface area contributed by atoms with Crippen molar-refractivity contribution in [2.24, 2.45) is 0 Å². The summed E-state index contributed by atoms with van der Waals surface area (Å²) in [5.74, 6) is -1.31. The van der Waals surface area contributed by atoms with Crippen molar-refractivity contribution >= 4 is 17.7 Å². The molecule has 1 N–H and O–H groups in total. The monoisotopic (exact) mass is 284 g/mol. The second kappa shape index (κ2) is 9.22. The van der Waals surface area contributed by atoms with E-state index in [4.69, 9.17) is 9.47 Å². The van der Waals surface area contributed by atoms with Crippen LogP contribution in [0.5, 0.6) is 0 Å². The SMILES string of the molecule is CCCOCCOCCNC(=O)CN1C(=O)C=CC1=O. The van der Waals surface area contributed by atoms with Crippen LogP contribution in [0, 0.1) is 0 Å². The summed E-state index contributed by atoms with van der Waals surface area (Å²) in [6, 6.07) is 0. The van der Waals surface area contributed by atoms with Gasteiger partial charge in [-0.05, 0) is 6.42 Å². The van der Waals surface area contributed by atoms with E-state index in [0.29, 0.717) is 33.0 Å². The molecule has 0 spiro atoms. The van der Waals surface area contributed by atoms with E-state index in [9.17, 15) is 14.4 Å². The summed E-state index contributed by atoms with van der Waals surface area (Å²) in [5.41, 5.74) is 0. The molecule has 0 radical (unpaired) electrons. The Morgan fingerprint density at radius 3 is 2.30 bits per heavy atom. The maximum absolute atomic E-state index is 11.5. The number of amides is 3. The summed E-state index contributed by atoms with van der Waals surface area (Å²) in [6.07, 6.45) is 3.27. The lowest BCUT2D eigenvalue weighted by atomic mass is 10.4. The van der Waals surface area contributed by atoms with E-state index in [1.165, 1.54) is 0 Å². The molecule has 0 saturated heterocycles. The average molecular weight is 284 g/mol. The maximum atomic E-state index is 11.5. The van der Waals surface area contributed by atoms with Crippen LogP contribution in [0.4, 0.5) is 0 Å². The molecular weight excluding hydrogens is 264 g/mol. The summed E-state index contributed by atoms with van der Waals surface area (Å²) in [4.78, 5) is 34.8. The predicted octanol–water partition coefficient (Wildman–Crippen LogP) is -0.529. The topological polar surface area (TPSA) is 84.9 Å². The van der Waals surface area contributed by atoms with Crippen LogP contribution in [-0.4, -0.2) is 62.1 Å². The number of imide groups is 1. The molecule has 1 rings (SSSR count). The third kappa shape index (κ3) is 5.94. The summed E-state index contributed by atoms with van der Waals surface area (Å²) < 4.78 is 10.5. The van der Waals surface area contributed by atoms with Crippen LogP contribution in [0.2, 0.25) is 0 Å². The predicted molar refractivity (Wildman–Crippen MR) is 70.8 cm³/mol. The Bertz CT molecular complexity index is 363. The van der Waals surface area contributed by atoms with Gasteiger partial charge < -0.3 is 14.8 Å². The molecule has 0 aromatic heterocycles. The van der Waals surface area contributed by atoms with Gasteiger partial charge in [0.05, 0.1) is 19.8 Å². The molecular formula is C13H20N2O5. The highest BCUT2D eigenvalue weighted by atomic mass is 16.5. The third-order valence-corrected chi connectivity index (χ3v) is 2.49. The number of nitrogens with one attached hydrogen (secondary N) is 1. The highest BCUT2D eigenvalue weighted by Gasteiger charge is 2.25. The van der Waals surface area contributed by atoms with Crippen LogP contribution in [0.1, 0.15) is 13.3 Å². The molecule has 7 nitrogen and oxygen atoms in total. The van der Waals surface area contributed by atoms with Gasteiger partial charge in [-0.15, -0.1) is 0 Å². The van der Waals surface area contributed by atoms with Gasteiger partial charge in [-0.1, -0.05) is 6.92 Å². The second-order valence-corrected chi connectivity index (χ2v) is 4.17. The average Bonchev–Trinajstić information content (AvgIpc) is 2.73. The molecule has 0 aliphatic carbocycles. The second-order valence-electron chi connectivity index (χ2n) is 4.17. The van der Waals surface area contributed by atoms with Crippen LogP contribution in [0.3, 0.4) is 0 Å². The first-order chi connectivity index (χ1) is 9.65. The molecule has 7 heteroatoms. The van der Waals surface area contributed by atoms with Crippen molar-refractivity contribution in [3.05, 3.63) is 12.2 Å². The zero-order chi connectivity index (χ0) is 14.8. The van der Waals surface area contributed by atoms with Gasteiger partial charge in [0.15, 0.2) is 0 Å². The van der Waals surface area contributed by atoms with E-state index in [1.807, 2.05) is 6.92 Å². The summed E-state index contributed by atoms with van der Waals surface area (Å²) in [7, 11) is 0. The fraction of sp³-hybridized carbons (Fsp3) is 0.615. The Morgan fingerprint density at radius 2 is 1.70 bits per heavy atom. The van der Waals surface area contributed by atoms with Gasteiger partial charge in [-0.25, -0.2) is 0 Å². The summed E-state index contributed by atoms with van der Waals surface area (Å²) in [6.45, 7) is 4.18. The lowest BCUT2D eigenvalue weighted by molar-refractivity contribution is -0.141. The largest absolute Gasteiger partial charge is 0.379 e. The number of carbonyl (C=O) groups excluding carboxylic acids is 3. The van der Waals surface area contributed by atoms with Gasteiger partial charge in [0.1, 0.15) is 6.54 Å². The van der Waals surface area contributed by atoms with Crippen molar-refractivity contribution in [1.29, 1.82) is 0 Å². The van der Waals surface area contributed by atoms with Crippen molar-refractivity contribution in [2.75, 3.05) is 39.5 Å². The minimum Gasteiger partial charge on any atom is -0.379 e. The van der Waals surface area contributed by atoms with Crippen LogP contribution >= 0.6 is 0 Å². The highest BCUT2D eigenvalue weighted by molar-refractivity contribution is 6.14. The minimum absolute atomic E-state index is 0.260. The summed E-state index contributed by atoms with van der Waals surface area (Å²) >= 11 is 0. The first kappa shape index (κ1) is 16.3. The Hall–Kier alpha value is -1.73. The van der Waals surface area contributed by atoms with E-state index >= 15 is 0 Å². The van der Waals surface area contributed by atoms with Crippen LogP contribution < -0.4 is 5.32 Å². The highest BCUT2D eigenvalue weighted by Crippen LogP contribution is 2.01. The maximum Gasteiger partial charge on any atom is 0.254 e. The fourth-order valence-electron chi connectivity index (χ4n) is 1.52. The Kier molecular flexibility index (Phi) is 7.52. The van der Waals surface area contributed by atoms with Gasteiger partial charge in [0.2, 0.25) is 5.91 Å².